The molecule has 29 heavy (non-hydrogen) atoms. The lowest BCUT2D eigenvalue weighted by atomic mass is 9.96. The molecule has 0 aromatic heterocycles. The van der Waals surface area contributed by atoms with Crippen LogP contribution in [0.25, 0.3) is 10.8 Å². The van der Waals surface area contributed by atoms with E-state index in [0.29, 0.717) is 18.6 Å². The maximum absolute atomic E-state index is 12.3. The first-order valence-corrected chi connectivity index (χ1v) is 9.58. The molecule has 0 saturated carbocycles. The normalized spacial score (nSPS) is 10.7. The number of carbonyl (C=O) groups is 1. The van der Waals surface area contributed by atoms with Crippen LogP contribution in [-0.2, 0) is 17.8 Å². The Kier molecular flexibility index (Phi) is 5.57. The molecule has 0 bridgehead atoms. The van der Waals surface area contributed by atoms with Crippen molar-refractivity contribution in [2.45, 2.75) is 13.0 Å². The van der Waals surface area contributed by atoms with Gasteiger partial charge in [-0.15, -0.1) is 0 Å². The quantitative estimate of drug-likeness (QED) is 0.396. The average Bonchev–Trinajstić information content (AvgIpc) is 2.78. The zero-order valence-electron chi connectivity index (χ0n) is 16.3. The number of rotatable bonds is 6. The SMILES string of the molecule is COC(=O)c1ccc(COc2ccccc2)cc1Cc1ccc2ccccc2c1. The highest BCUT2D eigenvalue weighted by molar-refractivity contribution is 5.91. The number of hydrogen-bond acceptors (Lipinski definition) is 3. The van der Waals surface area contributed by atoms with Gasteiger partial charge in [0.05, 0.1) is 12.7 Å². The van der Waals surface area contributed by atoms with Crippen molar-refractivity contribution < 1.29 is 14.3 Å². The summed E-state index contributed by atoms with van der Waals surface area (Å²) in [6.07, 6.45) is 0.647. The third-order valence-electron chi connectivity index (χ3n) is 4.93. The minimum atomic E-state index is -0.323. The number of hydrogen-bond donors (Lipinski definition) is 0. The molecule has 0 radical (unpaired) electrons. The lowest BCUT2D eigenvalue weighted by Crippen LogP contribution is -2.08. The average molecular weight is 382 g/mol. The second-order valence-electron chi connectivity index (χ2n) is 6.94. The first kappa shape index (κ1) is 18.8. The molecule has 0 fully saturated rings. The molecule has 0 unspecified atom stereocenters. The molecule has 0 saturated heterocycles. The highest BCUT2D eigenvalue weighted by Crippen LogP contribution is 2.22. The van der Waals surface area contributed by atoms with E-state index in [4.69, 9.17) is 9.47 Å². The fourth-order valence-corrected chi connectivity index (χ4v) is 3.44. The second kappa shape index (κ2) is 8.61. The third-order valence-corrected chi connectivity index (χ3v) is 4.93. The van der Waals surface area contributed by atoms with Gasteiger partial charge in [0.25, 0.3) is 0 Å². The van der Waals surface area contributed by atoms with E-state index in [2.05, 4.69) is 30.3 Å². The number of ether oxygens (including phenoxy) is 2. The number of esters is 1. The van der Waals surface area contributed by atoms with E-state index in [-0.39, 0.29) is 5.97 Å². The Hall–Kier alpha value is -3.59. The first-order valence-electron chi connectivity index (χ1n) is 9.58. The predicted octanol–water partition coefficient (Wildman–Crippen LogP) is 5.80. The highest BCUT2D eigenvalue weighted by atomic mass is 16.5. The summed E-state index contributed by atoms with van der Waals surface area (Å²) < 4.78 is 10.8. The van der Waals surface area contributed by atoms with Gasteiger partial charge in [-0.25, -0.2) is 4.79 Å². The fraction of sp³-hybridized carbons (Fsp3) is 0.115. The van der Waals surface area contributed by atoms with Gasteiger partial charge < -0.3 is 9.47 Å². The minimum absolute atomic E-state index is 0.323. The number of methoxy groups -OCH3 is 1. The highest BCUT2D eigenvalue weighted by Gasteiger charge is 2.13. The van der Waals surface area contributed by atoms with Gasteiger partial charge in [-0.2, -0.15) is 0 Å². The van der Waals surface area contributed by atoms with Gasteiger partial charge in [0.15, 0.2) is 0 Å². The molecular formula is C26H22O3. The van der Waals surface area contributed by atoms with E-state index in [1.54, 1.807) is 0 Å². The molecule has 144 valence electrons. The molecule has 0 heterocycles. The van der Waals surface area contributed by atoms with E-state index in [9.17, 15) is 4.79 Å². The fourth-order valence-electron chi connectivity index (χ4n) is 3.44. The molecule has 0 atom stereocenters. The van der Waals surface area contributed by atoms with Crippen molar-refractivity contribution in [3.63, 3.8) is 0 Å². The Morgan fingerprint density at radius 3 is 2.28 bits per heavy atom. The summed E-state index contributed by atoms with van der Waals surface area (Å²) in [4.78, 5) is 12.3. The van der Waals surface area contributed by atoms with Crippen molar-refractivity contribution in [3.05, 3.63) is 113 Å². The van der Waals surface area contributed by atoms with Crippen LogP contribution in [0.1, 0.15) is 27.0 Å². The van der Waals surface area contributed by atoms with Crippen LogP contribution in [0.15, 0.2) is 91.0 Å². The maximum Gasteiger partial charge on any atom is 0.338 e. The molecule has 3 nitrogen and oxygen atoms in total. The van der Waals surface area contributed by atoms with Gasteiger partial charge in [-0.3, -0.25) is 0 Å². The Morgan fingerprint density at radius 1 is 0.759 bits per heavy atom. The van der Waals surface area contributed by atoms with Crippen LogP contribution in [0, 0.1) is 0 Å². The first-order chi connectivity index (χ1) is 14.2. The standard InChI is InChI=1S/C26H22O3/c1-28-26(27)25-14-12-20(18-29-24-9-3-2-4-10-24)17-23(25)16-19-11-13-21-7-5-6-8-22(21)15-19/h2-15,17H,16,18H2,1H3. The summed E-state index contributed by atoms with van der Waals surface area (Å²) in [5.74, 6) is 0.497. The Morgan fingerprint density at radius 2 is 1.48 bits per heavy atom. The smallest absolute Gasteiger partial charge is 0.338 e. The molecule has 0 amide bonds. The van der Waals surface area contributed by atoms with Crippen LogP contribution in [-0.4, -0.2) is 13.1 Å². The summed E-state index contributed by atoms with van der Waals surface area (Å²) in [5, 5.41) is 2.39. The van der Waals surface area contributed by atoms with Gasteiger partial charge in [-0.1, -0.05) is 72.8 Å². The van der Waals surface area contributed by atoms with Gasteiger partial charge in [0.2, 0.25) is 0 Å². The summed E-state index contributed by atoms with van der Waals surface area (Å²) in [6.45, 7) is 0.441. The van der Waals surface area contributed by atoms with E-state index >= 15 is 0 Å². The number of fused-ring (bicyclic) bond motifs is 1. The van der Waals surface area contributed by atoms with Gasteiger partial charge in [0.1, 0.15) is 12.4 Å². The van der Waals surface area contributed by atoms with Crippen molar-refractivity contribution in [2.75, 3.05) is 7.11 Å². The van der Waals surface area contributed by atoms with Gasteiger partial charge in [0, 0.05) is 0 Å². The minimum Gasteiger partial charge on any atom is -0.489 e. The molecule has 4 aromatic carbocycles. The summed E-state index contributed by atoms with van der Waals surface area (Å²) in [6, 6.07) is 30.1. The molecule has 3 heteroatoms. The van der Waals surface area contributed by atoms with Gasteiger partial charge >= 0.3 is 5.97 Å². The van der Waals surface area contributed by atoms with Crippen LogP contribution in [0.4, 0.5) is 0 Å². The molecule has 0 aliphatic rings. The van der Waals surface area contributed by atoms with Crippen molar-refractivity contribution in [1.29, 1.82) is 0 Å². The molecule has 4 aromatic rings. The second-order valence-corrected chi connectivity index (χ2v) is 6.94. The van der Waals surface area contributed by atoms with Crippen LogP contribution in [0.3, 0.4) is 0 Å². The zero-order valence-corrected chi connectivity index (χ0v) is 16.3. The lowest BCUT2D eigenvalue weighted by molar-refractivity contribution is 0.0599. The number of para-hydroxylation sites is 1. The van der Waals surface area contributed by atoms with Crippen LogP contribution >= 0.6 is 0 Å². The molecule has 4 rings (SSSR count). The van der Waals surface area contributed by atoms with Crippen molar-refractivity contribution in [3.8, 4) is 5.75 Å². The largest absolute Gasteiger partial charge is 0.489 e. The summed E-state index contributed by atoms with van der Waals surface area (Å²) >= 11 is 0. The Labute approximate surface area is 170 Å². The third kappa shape index (κ3) is 4.46. The van der Waals surface area contributed by atoms with Crippen molar-refractivity contribution in [2.24, 2.45) is 0 Å². The maximum atomic E-state index is 12.3. The van der Waals surface area contributed by atoms with Crippen molar-refractivity contribution in [1.82, 2.24) is 0 Å². The van der Waals surface area contributed by atoms with Gasteiger partial charge in [-0.05, 0) is 52.1 Å². The number of carbonyl (C=O) groups excluding carboxylic acids is 1. The van der Waals surface area contributed by atoms with E-state index in [0.717, 1.165) is 22.4 Å². The van der Waals surface area contributed by atoms with E-state index in [1.165, 1.54) is 17.9 Å². The Bertz CT molecular complexity index is 1130. The molecular weight excluding hydrogens is 360 g/mol. The summed E-state index contributed by atoms with van der Waals surface area (Å²) in [7, 11) is 1.41. The van der Waals surface area contributed by atoms with Crippen molar-refractivity contribution >= 4 is 16.7 Å². The topological polar surface area (TPSA) is 35.5 Å². The lowest BCUT2D eigenvalue weighted by Gasteiger charge is -2.12. The Balaban J connectivity index is 1.62. The summed E-state index contributed by atoms with van der Waals surface area (Å²) in [5.41, 5.74) is 3.68. The monoisotopic (exact) mass is 382 g/mol. The van der Waals surface area contributed by atoms with Crippen LogP contribution in [0.2, 0.25) is 0 Å². The molecule has 0 spiro atoms. The van der Waals surface area contributed by atoms with E-state index < -0.39 is 0 Å². The van der Waals surface area contributed by atoms with E-state index in [1.807, 2.05) is 60.7 Å². The molecule has 0 aliphatic carbocycles. The van der Waals surface area contributed by atoms with Crippen LogP contribution < -0.4 is 4.74 Å². The molecule has 0 N–H and O–H groups in total. The predicted molar refractivity (Wildman–Crippen MR) is 115 cm³/mol. The zero-order chi connectivity index (χ0) is 20.1. The molecule has 0 aliphatic heterocycles. The van der Waals surface area contributed by atoms with Crippen LogP contribution in [0.5, 0.6) is 5.75 Å². The number of benzene rings is 4.